The van der Waals surface area contributed by atoms with Gasteiger partial charge in [0.15, 0.2) is 6.61 Å². The normalized spacial score (nSPS) is 26.4. The Balaban J connectivity index is 0.983. The second kappa shape index (κ2) is 11.6. The summed E-state index contributed by atoms with van der Waals surface area (Å²) in [6, 6.07) is 28.5. The summed E-state index contributed by atoms with van der Waals surface area (Å²) in [6.07, 6.45) is 0.798. The number of benzene rings is 4. The number of ether oxygens (including phenoxy) is 2. The van der Waals surface area contributed by atoms with E-state index in [-0.39, 0.29) is 64.0 Å². The maximum absolute atomic E-state index is 14.1. The van der Waals surface area contributed by atoms with Gasteiger partial charge in [0, 0.05) is 21.7 Å². The highest BCUT2D eigenvalue weighted by Gasteiger charge is 2.69. The number of H-pyrrole nitrogens is 1. The fourth-order valence-electron chi connectivity index (χ4n) is 8.79. The van der Waals surface area contributed by atoms with Crippen molar-refractivity contribution in [1.82, 2.24) is 4.98 Å². The van der Waals surface area contributed by atoms with Gasteiger partial charge in [0.2, 0.25) is 11.8 Å². The molecule has 2 bridgehead atoms. The van der Waals surface area contributed by atoms with Gasteiger partial charge in [0.05, 0.1) is 29.7 Å². The second-order valence-corrected chi connectivity index (χ2v) is 15.3. The van der Waals surface area contributed by atoms with E-state index < -0.39 is 5.92 Å². The third-order valence-electron chi connectivity index (χ3n) is 10.7. The predicted octanol–water partition coefficient (Wildman–Crippen LogP) is 6.29. The molecule has 2 N–H and O–H groups in total. The number of imide groups is 1. The van der Waals surface area contributed by atoms with Crippen LogP contribution >= 0.6 is 23.1 Å². The summed E-state index contributed by atoms with van der Waals surface area (Å²) in [6.45, 7) is -0.169. The van der Waals surface area contributed by atoms with Gasteiger partial charge in [-0.25, -0.2) is 0 Å². The van der Waals surface area contributed by atoms with E-state index in [9.17, 15) is 19.2 Å². The molecule has 5 aromatic rings. The number of aromatic amines is 1. The van der Waals surface area contributed by atoms with E-state index in [1.165, 1.54) is 16.2 Å². The van der Waals surface area contributed by atoms with Crippen molar-refractivity contribution in [3.8, 4) is 11.5 Å². The van der Waals surface area contributed by atoms with E-state index in [1.54, 1.807) is 43.1 Å². The molecule has 4 aliphatic rings. The fourth-order valence-corrected chi connectivity index (χ4v) is 11.7. The predicted molar refractivity (Wildman–Crippen MR) is 188 cm³/mol. The van der Waals surface area contributed by atoms with Crippen LogP contribution in [0.15, 0.2) is 101 Å². The molecule has 0 radical (unpaired) electrons. The Hall–Kier alpha value is -4.87. The van der Waals surface area contributed by atoms with Crippen molar-refractivity contribution in [2.24, 2.45) is 29.6 Å². The third-order valence-corrected chi connectivity index (χ3v) is 13.3. The summed E-state index contributed by atoms with van der Waals surface area (Å²) < 4.78 is 11.3. The van der Waals surface area contributed by atoms with Gasteiger partial charge in [0.25, 0.3) is 5.91 Å². The number of amides is 3. The van der Waals surface area contributed by atoms with Crippen LogP contribution in [0.3, 0.4) is 0 Å². The van der Waals surface area contributed by atoms with E-state index in [4.69, 9.17) is 9.47 Å². The minimum absolute atomic E-state index is 0.0140. The monoisotopic (exact) mass is 689 g/mol. The van der Waals surface area contributed by atoms with Gasteiger partial charge in [-0.05, 0) is 89.0 Å². The Morgan fingerprint density at radius 2 is 1.65 bits per heavy atom. The van der Waals surface area contributed by atoms with Crippen LogP contribution in [0.5, 0.6) is 11.5 Å². The molecule has 1 aromatic heterocycles. The van der Waals surface area contributed by atoms with Crippen LogP contribution < -0.4 is 24.6 Å². The number of carbonyl (C=O) groups excluding carboxylic acids is 3. The zero-order chi connectivity index (χ0) is 33.4. The molecule has 0 unspecified atom stereocenters. The molecule has 7 atom stereocenters. The molecule has 3 fully saturated rings. The minimum atomic E-state index is -0.403. The number of hydrogen-bond donors (Lipinski definition) is 2. The van der Waals surface area contributed by atoms with Crippen molar-refractivity contribution >= 4 is 63.0 Å². The summed E-state index contributed by atoms with van der Waals surface area (Å²) >= 11 is 2.87. The first kappa shape index (κ1) is 30.2. The molecular weight excluding hydrogens is 659 g/mol. The third kappa shape index (κ3) is 4.89. The first-order valence-corrected chi connectivity index (χ1v) is 18.0. The largest absolute Gasteiger partial charge is 0.497 e. The zero-order valence-corrected chi connectivity index (χ0v) is 28.0. The number of thiazole rings is 1. The van der Waals surface area contributed by atoms with Crippen LogP contribution in [-0.4, -0.2) is 41.7 Å². The SMILES string of the molecule is COc1ccc(N2C(=O)[C@H]3[C@H]4C[C@@H]([C@@H]3C2=O)[C@@H]2[C@H](c3cccc(OCC(=O)Nc5ccc6ccccc6c5)c3)c3sc(=O)[nH]c3S[C@H]42)cc1. The van der Waals surface area contributed by atoms with Crippen LogP contribution in [0, 0.1) is 29.6 Å². The van der Waals surface area contributed by atoms with E-state index >= 15 is 0 Å². The number of anilines is 2. The van der Waals surface area contributed by atoms with Crippen molar-refractivity contribution in [3.05, 3.63) is 111 Å². The Bertz CT molecular complexity index is 2210. The number of nitrogens with zero attached hydrogens (tertiary/aromatic N) is 1. The summed E-state index contributed by atoms with van der Waals surface area (Å²) in [4.78, 5) is 58.8. The van der Waals surface area contributed by atoms with Crippen LogP contribution in [-0.2, 0) is 14.4 Å². The number of thioether (sulfide) groups is 1. The number of hydrogen-bond acceptors (Lipinski definition) is 8. The molecule has 2 aliphatic heterocycles. The van der Waals surface area contributed by atoms with Gasteiger partial charge in [-0.3, -0.25) is 24.1 Å². The van der Waals surface area contributed by atoms with E-state index in [0.717, 1.165) is 32.7 Å². The van der Waals surface area contributed by atoms with Gasteiger partial charge in [-0.15, -0.1) is 11.8 Å². The lowest BCUT2D eigenvalue weighted by molar-refractivity contribution is -0.123. The molecule has 2 aliphatic carbocycles. The van der Waals surface area contributed by atoms with Crippen LogP contribution in [0.2, 0.25) is 0 Å². The van der Waals surface area contributed by atoms with E-state index in [0.29, 0.717) is 22.9 Å². The van der Waals surface area contributed by atoms with Crippen molar-refractivity contribution in [1.29, 1.82) is 0 Å². The average molecular weight is 690 g/mol. The molecule has 0 spiro atoms. The molecule has 3 amide bonds. The lowest BCUT2D eigenvalue weighted by Gasteiger charge is -2.43. The molecular formula is C38H31N3O6S2. The molecule has 2 saturated carbocycles. The Morgan fingerprint density at radius 1 is 0.878 bits per heavy atom. The van der Waals surface area contributed by atoms with Crippen molar-refractivity contribution in [2.45, 2.75) is 22.6 Å². The average Bonchev–Trinajstić information content (AvgIpc) is 3.86. The Labute approximate surface area is 289 Å². The van der Waals surface area contributed by atoms with Crippen LogP contribution in [0.1, 0.15) is 22.8 Å². The molecule has 49 heavy (non-hydrogen) atoms. The lowest BCUT2D eigenvalue weighted by Crippen LogP contribution is -2.42. The summed E-state index contributed by atoms with van der Waals surface area (Å²) in [5.74, 6) is -0.232. The molecule has 4 aromatic carbocycles. The highest BCUT2D eigenvalue weighted by atomic mass is 32.2. The maximum Gasteiger partial charge on any atom is 0.305 e. The quantitative estimate of drug-likeness (QED) is 0.193. The first-order valence-electron chi connectivity index (χ1n) is 16.3. The van der Waals surface area contributed by atoms with Crippen molar-refractivity contribution < 1.29 is 23.9 Å². The zero-order valence-electron chi connectivity index (χ0n) is 26.3. The van der Waals surface area contributed by atoms with Gasteiger partial charge in [-0.1, -0.05) is 53.8 Å². The second-order valence-electron chi connectivity index (χ2n) is 13.1. The Morgan fingerprint density at radius 3 is 2.45 bits per heavy atom. The highest BCUT2D eigenvalue weighted by Crippen LogP contribution is 2.68. The van der Waals surface area contributed by atoms with Crippen molar-refractivity contribution in [3.63, 3.8) is 0 Å². The molecule has 11 heteroatoms. The molecule has 9 rings (SSSR count). The lowest BCUT2D eigenvalue weighted by atomic mass is 9.68. The summed E-state index contributed by atoms with van der Waals surface area (Å²) in [5, 5.41) is 5.96. The maximum atomic E-state index is 14.1. The van der Waals surface area contributed by atoms with Gasteiger partial charge >= 0.3 is 4.87 Å². The number of carbonyl (C=O) groups is 3. The molecule has 1 saturated heterocycles. The standard InChI is InChI=1S/C38H31N3O6S2/c1-46-24-13-11-23(12-14-24)41-36(43)31-26-17-27(32(31)37(41)44)33-30(26)29(34-35(48-33)40-38(45)49-34)21-7-4-8-25(16-21)47-18-28(42)39-22-10-9-19-5-2-3-6-20(19)15-22/h2-16,26-27,29-33H,17-18H2,1H3,(H,39,42)(H,40,45)/t26-,27-,29+,30-,31+,32+,33-/m1/s1. The first-order chi connectivity index (χ1) is 23.9. The summed E-state index contributed by atoms with van der Waals surface area (Å²) in [5.41, 5.74) is 2.23. The van der Waals surface area contributed by atoms with E-state index in [2.05, 4.69) is 10.3 Å². The van der Waals surface area contributed by atoms with Crippen LogP contribution in [0.25, 0.3) is 10.8 Å². The Kier molecular flexibility index (Phi) is 7.17. The number of rotatable bonds is 7. The molecule has 3 heterocycles. The van der Waals surface area contributed by atoms with Gasteiger partial charge < -0.3 is 19.8 Å². The van der Waals surface area contributed by atoms with Gasteiger partial charge in [-0.2, -0.15) is 0 Å². The number of methoxy groups -OCH3 is 1. The molecule has 9 nitrogen and oxygen atoms in total. The number of fused-ring (bicyclic) bond motifs is 10. The topological polar surface area (TPSA) is 118 Å². The van der Waals surface area contributed by atoms with E-state index in [1.807, 2.05) is 66.7 Å². The number of nitrogens with one attached hydrogen (secondary N) is 2. The minimum Gasteiger partial charge on any atom is -0.497 e. The van der Waals surface area contributed by atoms with Crippen molar-refractivity contribution in [2.75, 3.05) is 23.9 Å². The molecule has 246 valence electrons. The van der Waals surface area contributed by atoms with Gasteiger partial charge in [0.1, 0.15) is 11.5 Å². The fraction of sp³-hybridized carbons (Fsp3) is 0.263. The number of aromatic nitrogens is 1. The smallest absolute Gasteiger partial charge is 0.305 e. The highest BCUT2D eigenvalue weighted by molar-refractivity contribution is 8.00. The van der Waals surface area contributed by atoms with Crippen LogP contribution in [0.4, 0.5) is 11.4 Å². The summed E-state index contributed by atoms with van der Waals surface area (Å²) in [7, 11) is 1.58.